The van der Waals surface area contributed by atoms with Crippen LogP contribution in [0.4, 0.5) is 4.79 Å². The number of hydrogen-bond acceptors (Lipinski definition) is 4. The number of ether oxygens (including phenoxy) is 1. The molecule has 1 aliphatic heterocycles. The van der Waals surface area contributed by atoms with E-state index in [9.17, 15) is 4.79 Å². The van der Waals surface area contributed by atoms with Crippen LogP contribution in [0.2, 0.25) is 0 Å². The fraction of sp³-hybridized carbons (Fsp3) is 0.650. The van der Waals surface area contributed by atoms with Gasteiger partial charge >= 0.3 is 6.09 Å². The van der Waals surface area contributed by atoms with Crippen LogP contribution >= 0.6 is 0 Å². The van der Waals surface area contributed by atoms with Crippen molar-refractivity contribution < 1.29 is 9.53 Å². The first-order valence-electron chi connectivity index (χ1n) is 9.36. The highest BCUT2D eigenvalue weighted by atomic mass is 16.6. The SMILES string of the molecule is CC(C)(C)OC(=O)NCCCNCC1CCN(Cc2ccccc2)C1. The van der Waals surface area contributed by atoms with Crippen LogP contribution < -0.4 is 10.6 Å². The van der Waals surface area contributed by atoms with Crippen molar-refractivity contribution in [3.63, 3.8) is 0 Å². The van der Waals surface area contributed by atoms with E-state index in [1.165, 1.54) is 18.5 Å². The lowest BCUT2D eigenvalue weighted by Gasteiger charge is -2.19. The molecule has 1 saturated heterocycles. The van der Waals surface area contributed by atoms with Gasteiger partial charge in [-0.25, -0.2) is 4.79 Å². The third kappa shape index (κ3) is 8.36. The van der Waals surface area contributed by atoms with Crippen molar-refractivity contribution >= 4 is 6.09 Å². The Morgan fingerprint density at radius 1 is 1.24 bits per heavy atom. The minimum absolute atomic E-state index is 0.333. The first kappa shape index (κ1) is 19.7. The highest BCUT2D eigenvalue weighted by molar-refractivity contribution is 5.67. The third-order valence-corrected chi connectivity index (χ3v) is 4.25. The van der Waals surface area contributed by atoms with Crippen LogP contribution in [0.25, 0.3) is 0 Å². The Labute approximate surface area is 152 Å². The van der Waals surface area contributed by atoms with Crippen LogP contribution in [0, 0.1) is 5.92 Å². The number of amides is 1. The maximum atomic E-state index is 11.5. The van der Waals surface area contributed by atoms with Gasteiger partial charge in [0.1, 0.15) is 5.60 Å². The third-order valence-electron chi connectivity index (χ3n) is 4.25. The van der Waals surface area contributed by atoms with E-state index in [2.05, 4.69) is 45.9 Å². The van der Waals surface area contributed by atoms with Gasteiger partial charge in [-0.15, -0.1) is 0 Å². The Morgan fingerprint density at radius 3 is 2.72 bits per heavy atom. The van der Waals surface area contributed by atoms with E-state index in [4.69, 9.17) is 4.74 Å². The van der Waals surface area contributed by atoms with E-state index in [0.717, 1.165) is 38.5 Å². The minimum Gasteiger partial charge on any atom is -0.444 e. The first-order valence-corrected chi connectivity index (χ1v) is 9.36. The number of alkyl carbamates (subject to hydrolysis) is 1. The molecule has 0 aromatic heterocycles. The largest absolute Gasteiger partial charge is 0.444 e. The summed E-state index contributed by atoms with van der Waals surface area (Å²) in [6.45, 7) is 11.6. The molecule has 1 atom stereocenters. The number of carbonyl (C=O) groups excluding carboxylic acids is 1. The molecule has 25 heavy (non-hydrogen) atoms. The molecule has 1 unspecified atom stereocenters. The molecule has 1 aliphatic rings. The maximum Gasteiger partial charge on any atom is 0.407 e. The summed E-state index contributed by atoms with van der Waals surface area (Å²) >= 11 is 0. The van der Waals surface area contributed by atoms with Crippen LogP contribution in [-0.2, 0) is 11.3 Å². The van der Waals surface area contributed by atoms with Gasteiger partial charge in [0.05, 0.1) is 0 Å². The van der Waals surface area contributed by atoms with E-state index >= 15 is 0 Å². The van der Waals surface area contributed by atoms with Gasteiger partial charge in [-0.1, -0.05) is 30.3 Å². The molecule has 2 N–H and O–H groups in total. The molecule has 0 spiro atoms. The monoisotopic (exact) mass is 347 g/mol. The van der Waals surface area contributed by atoms with Gasteiger partial charge in [-0.05, 0) is 64.7 Å². The van der Waals surface area contributed by atoms with Crippen molar-refractivity contribution in [3.8, 4) is 0 Å². The van der Waals surface area contributed by atoms with Crippen LogP contribution in [0.5, 0.6) is 0 Å². The second kappa shape index (κ2) is 9.78. The number of benzene rings is 1. The van der Waals surface area contributed by atoms with Crippen LogP contribution in [0.3, 0.4) is 0 Å². The molecule has 5 heteroatoms. The summed E-state index contributed by atoms with van der Waals surface area (Å²) in [5, 5.41) is 6.31. The number of rotatable bonds is 8. The Kier molecular flexibility index (Phi) is 7.72. The standard InChI is InChI=1S/C20H33N3O2/c1-20(2,3)25-19(24)22-12-7-11-21-14-18-10-13-23(16-18)15-17-8-5-4-6-9-17/h4-6,8-9,18,21H,7,10-16H2,1-3H3,(H,22,24). The Morgan fingerprint density at radius 2 is 2.00 bits per heavy atom. The molecule has 140 valence electrons. The predicted molar refractivity (Wildman–Crippen MR) is 102 cm³/mol. The van der Waals surface area contributed by atoms with Crippen molar-refractivity contribution in [3.05, 3.63) is 35.9 Å². The van der Waals surface area contributed by atoms with Crippen molar-refractivity contribution in [2.45, 2.75) is 45.8 Å². The summed E-state index contributed by atoms with van der Waals surface area (Å²) in [7, 11) is 0. The van der Waals surface area contributed by atoms with Crippen molar-refractivity contribution in [1.29, 1.82) is 0 Å². The summed E-state index contributed by atoms with van der Waals surface area (Å²) in [5.74, 6) is 0.725. The van der Waals surface area contributed by atoms with E-state index < -0.39 is 5.60 Å². The molecule has 0 saturated carbocycles. The number of nitrogens with zero attached hydrogens (tertiary/aromatic N) is 1. The van der Waals surface area contributed by atoms with Crippen molar-refractivity contribution in [2.75, 3.05) is 32.7 Å². The Bertz CT molecular complexity index is 513. The maximum absolute atomic E-state index is 11.5. The molecule has 0 radical (unpaired) electrons. The molecule has 1 fully saturated rings. The van der Waals surface area contributed by atoms with Gasteiger partial charge in [-0.3, -0.25) is 4.90 Å². The van der Waals surface area contributed by atoms with E-state index in [1.54, 1.807) is 0 Å². The summed E-state index contributed by atoms with van der Waals surface area (Å²) in [6, 6.07) is 10.7. The summed E-state index contributed by atoms with van der Waals surface area (Å²) in [6.07, 6.45) is 1.84. The van der Waals surface area contributed by atoms with Gasteiger partial charge < -0.3 is 15.4 Å². The number of nitrogens with one attached hydrogen (secondary N) is 2. The quantitative estimate of drug-likeness (QED) is 0.710. The fourth-order valence-corrected chi connectivity index (χ4v) is 3.09. The molecule has 1 aromatic carbocycles. The average molecular weight is 348 g/mol. The summed E-state index contributed by atoms with van der Waals surface area (Å²) in [4.78, 5) is 14.1. The van der Waals surface area contributed by atoms with Gasteiger partial charge in [-0.2, -0.15) is 0 Å². The summed E-state index contributed by atoms with van der Waals surface area (Å²) in [5.41, 5.74) is 0.959. The lowest BCUT2D eigenvalue weighted by atomic mass is 10.1. The molecule has 1 heterocycles. The lowest BCUT2D eigenvalue weighted by molar-refractivity contribution is 0.0527. The number of carbonyl (C=O) groups is 1. The number of hydrogen-bond donors (Lipinski definition) is 2. The van der Waals surface area contributed by atoms with Crippen LogP contribution in [0.1, 0.15) is 39.2 Å². The Hall–Kier alpha value is -1.59. The first-order chi connectivity index (χ1) is 11.9. The van der Waals surface area contributed by atoms with Gasteiger partial charge in [0, 0.05) is 19.6 Å². The zero-order valence-corrected chi connectivity index (χ0v) is 15.9. The van der Waals surface area contributed by atoms with Crippen LogP contribution in [-0.4, -0.2) is 49.3 Å². The van der Waals surface area contributed by atoms with E-state index in [0.29, 0.717) is 6.54 Å². The van der Waals surface area contributed by atoms with Gasteiger partial charge in [0.2, 0.25) is 0 Å². The summed E-state index contributed by atoms with van der Waals surface area (Å²) < 4.78 is 5.21. The zero-order chi connectivity index (χ0) is 18.1. The van der Waals surface area contributed by atoms with Gasteiger partial charge in [0.25, 0.3) is 0 Å². The topological polar surface area (TPSA) is 53.6 Å². The minimum atomic E-state index is -0.434. The van der Waals surface area contributed by atoms with E-state index in [-0.39, 0.29) is 6.09 Å². The van der Waals surface area contributed by atoms with Crippen molar-refractivity contribution in [1.82, 2.24) is 15.5 Å². The van der Waals surface area contributed by atoms with Gasteiger partial charge in [0.15, 0.2) is 0 Å². The molecule has 1 amide bonds. The van der Waals surface area contributed by atoms with E-state index in [1.807, 2.05) is 20.8 Å². The normalized spacial score (nSPS) is 18.3. The molecular formula is C20H33N3O2. The smallest absolute Gasteiger partial charge is 0.407 e. The molecule has 0 bridgehead atoms. The zero-order valence-electron chi connectivity index (χ0n) is 15.9. The Balaban J connectivity index is 1.50. The predicted octanol–water partition coefficient (Wildman–Crippen LogP) is 3.01. The highest BCUT2D eigenvalue weighted by Crippen LogP contribution is 2.17. The molecule has 1 aromatic rings. The highest BCUT2D eigenvalue weighted by Gasteiger charge is 2.21. The molecule has 5 nitrogen and oxygen atoms in total. The molecular weight excluding hydrogens is 314 g/mol. The molecule has 0 aliphatic carbocycles. The van der Waals surface area contributed by atoms with Crippen molar-refractivity contribution in [2.24, 2.45) is 5.92 Å². The average Bonchev–Trinajstić information content (AvgIpc) is 2.97. The number of likely N-dealkylation sites (tertiary alicyclic amines) is 1. The second-order valence-electron chi connectivity index (χ2n) is 7.86. The second-order valence-corrected chi connectivity index (χ2v) is 7.86. The lowest BCUT2D eigenvalue weighted by Crippen LogP contribution is -2.34. The molecule has 2 rings (SSSR count). The fourth-order valence-electron chi connectivity index (χ4n) is 3.09. The van der Waals surface area contributed by atoms with Crippen LogP contribution in [0.15, 0.2) is 30.3 Å².